The van der Waals surface area contributed by atoms with Crippen molar-refractivity contribution in [1.82, 2.24) is 14.5 Å². The fourth-order valence-electron chi connectivity index (χ4n) is 1.25. The van der Waals surface area contributed by atoms with Crippen molar-refractivity contribution in [3.63, 3.8) is 0 Å². The van der Waals surface area contributed by atoms with Crippen LogP contribution >= 0.6 is 0 Å². The Bertz CT molecular complexity index is 424. The summed E-state index contributed by atoms with van der Waals surface area (Å²) in [5.41, 5.74) is 0.574. The molecule has 0 aromatic carbocycles. The van der Waals surface area contributed by atoms with Gasteiger partial charge >= 0.3 is 0 Å². The molecule has 1 aromatic heterocycles. The largest absolute Gasteiger partial charge is 0.281 e. The lowest BCUT2D eigenvalue weighted by Crippen LogP contribution is -2.34. The Balaban J connectivity index is 3.09. The van der Waals surface area contributed by atoms with E-state index < -0.39 is 10.0 Å². The maximum atomic E-state index is 12.1. The maximum absolute atomic E-state index is 12.1. The lowest BCUT2D eigenvalue weighted by atomic mass is 10.3. The molecule has 1 atom stereocenters. The van der Waals surface area contributed by atoms with E-state index in [2.05, 4.69) is 10.2 Å². The molecule has 0 saturated heterocycles. The monoisotopic (exact) mass is 231 g/mol. The number of hydrogen-bond donors (Lipinski definition) is 1. The van der Waals surface area contributed by atoms with Gasteiger partial charge in [0.25, 0.3) is 0 Å². The molecule has 0 saturated carbocycles. The van der Waals surface area contributed by atoms with E-state index in [0.717, 1.165) is 6.42 Å². The SMILES string of the molecule is CCC(C)N(C)S(=O)(=O)c1cn[nH]c1C. The molecule has 1 heterocycles. The molecule has 0 radical (unpaired) electrons. The average Bonchev–Trinajstić information content (AvgIpc) is 2.62. The minimum atomic E-state index is -3.40. The van der Waals surface area contributed by atoms with E-state index in [4.69, 9.17) is 0 Å². The second-order valence-electron chi connectivity index (χ2n) is 3.64. The third-order valence-corrected chi connectivity index (χ3v) is 4.74. The van der Waals surface area contributed by atoms with Gasteiger partial charge in [-0.25, -0.2) is 8.42 Å². The first-order valence-electron chi connectivity index (χ1n) is 4.89. The predicted octanol–water partition coefficient (Wildman–Crippen LogP) is 1.14. The summed E-state index contributed by atoms with van der Waals surface area (Å²) < 4.78 is 25.5. The highest BCUT2D eigenvalue weighted by atomic mass is 32.2. The molecule has 0 aliphatic heterocycles. The molecule has 1 unspecified atom stereocenters. The fraction of sp³-hybridized carbons (Fsp3) is 0.667. The highest BCUT2D eigenvalue weighted by Crippen LogP contribution is 2.18. The number of rotatable bonds is 4. The maximum Gasteiger partial charge on any atom is 0.246 e. The molecular weight excluding hydrogens is 214 g/mol. The number of hydrogen-bond acceptors (Lipinski definition) is 3. The van der Waals surface area contributed by atoms with E-state index in [0.29, 0.717) is 5.69 Å². The summed E-state index contributed by atoms with van der Waals surface area (Å²) in [5, 5.41) is 6.36. The Morgan fingerprint density at radius 3 is 2.60 bits per heavy atom. The van der Waals surface area contributed by atoms with Crippen molar-refractivity contribution in [2.75, 3.05) is 7.05 Å². The minimum absolute atomic E-state index is 0.00991. The summed E-state index contributed by atoms with van der Waals surface area (Å²) in [7, 11) is -1.80. The lowest BCUT2D eigenvalue weighted by molar-refractivity contribution is 0.380. The molecule has 0 spiro atoms. The van der Waals surface area contributed by atoms with E-state index in [-0.39, 0.29) is 10.9 Å². The number of nitrogens with one attached hydrogen (secondary N) is 1. The summed E-state index contributed by atoms with van der Waals surface area (Å²) in [6, 6.07) is -0.00991. The van der Waals surface area contributed by atoms with Gasteiger partial charge in [0.05, 0.1) is 11.9 Å². The molecule has 0 amide bonds. The minimum Gasteiger partial charge on any atom is -0.281 e. The smallest absolute Gasteiger partial charge is 0.246 e. The van der Waals surface area contributed by atoms with Gasteiger partial charge < -0.3 is 0 Å². The van der Waals surface area contributed by atoms with Crippen LogP contribution in [0.3, 0.4) is 0 Å². The summed E-state index contributed by atoms with van der Waals surface area (Å²) >= 11 is 0. The van der Waals surface area contributed by atoms with E-state index in [1.165, 1.54) is 10.5 Å². The second kappa shape index (κ2) is 4.32. The first-order chi connectivity index (χ1) is 6.91. The van der Waals surface area contributed by atoms with Crippen LogP contribution < -0.4 is 0 Å². The number of aromatic nitrogens is 2. The van der Waals surface area contributed by atoms with Crippen LogP contribution in [0.2, 0.25) is 0 Å². The second-order valence-corrected chi connectivity index (χ2v) is 5.60. The Labute approximate surface area is 90.5 Å². The number of H-pyrrole nitrogens is 1. The van der Waals surface area contributed by atoms with Crippen molar-refractivity contribution >= 4 is 10.0 Å². The van der Waals surface area contributed by atoms with Gasteiger partial charge in [0, 0.05) is 13.1 Å². The van der Waals surface area contributed by atoms with Crippen molar-refractivity contribution < 1.29 is 8.42 Å². The molecule has 0 fully saturated rings. The van der Waals surface area contributed by atoms with Gasteiger partial charge in [-0.05, 0) is 20.3 Å². The number of aryl methyl sites for hydroxylation is 1. The molecule has 86 valence electrons. The van der Waals surface area contributed by atoms with Crippen LogP contribution in [0, 0.1) is 6.92 Å². The molecule has 1 N–H and O–H groups in total. The first kappa shape index (κ1) is 12.2. The Morgan fingerprint density at radius 2 is 2.20 bits per heavy atom. The summed E-state index contributed by atoms with van der Waals surface area (Å²) in [4.78, 5) is 0.255. The normalized spacial score (nSPS) is 14.5. The molecule has 0 aliphatic rings. The van der Waals surface area contributed by atoms with Crippen molar-refractivity contribution in [2.24, 2.45) is 0 Å². The van der Waals surface area contributed by atoms with Crippen molar-refractivity contribution in [3.8, 4) is 0 Å². The number of aromatic amines is 1. The van der Waals surface area contributed by atoms with Gasteiger partial charge in [0.2, 0.25) is 10.0 Å². The van der Waals surface area contributed by atoms with Crippen LogP contribution in [0.1, 0.15) is 26.0 Å². The van der Waals surface area contributed by atoms with E-state index in [1.54, 1.807) is 14.0 Å². The highest BCUT2D eigenvalue weighted by Gasteiger charge is 2.26. The zero-order chi connectivity index (χ0) is 11.6. The predicted molar refractivity (Wildman–Crippen MR) is 58.0 cm³/mol. The van der Waals surface area contributed by atoms with Gasteiger partial charge in [-0.15, -0.1) is 0 Å². The van der Waals surface area contributed by atoms with E-state index in [9.17, 15) is 8.42 Å². The van der Waals surface area contributed by atoms with Crippen LogP contribution in [0.4, 0.5) is 0 Å². The molecule has 1 rings (SSSR count). The molecule has 1 aromatic rings. The number of nitrogens with zero attached hydrogens (tertiary/aromatic N) is 2. The Kier molecular flexibility index (Phi) is 3.51. The van der Waals surface area contributed by atoms with Gasteiger partial charge in [-0.2, -0.15) is 9.40 Å². The lowest BCUT2D eigenvalue weighted by Gasteiger charge is -2.22. The summed E-state index contributed by atoms with van der Waals surface area (Å²) in [6.45, 7) is 5.54. The molecular formula is C9H17N3O2S. The topological polar surface area (TPSA) is 66.1 Å². The Hall–Kier alpha value is -0.880. The molecule has 6 heteroatoms. The quantitative estimate of drug-likeness (QED) is 0.845. The van der Waals surface area contributed by atoms with Crippen LogP contribution in [0.25, 0.3) is 0 Å². The molecule has 0 bridgehead atoms. The summed E-state index contributed by atoms with van der Waals surface area (Å²) in [6.07, 6.45) is 2.14. The van der Waals surface area contributed by atoms with Crippen LogP contribution in [-0.4, -0.2) is 36.0 Å². The average molecular weight is 231 g/mol. The third-order valence-electron chi connectivity index (χ3n) is 2.65. The highest BCUT2D eigenvalue weighted by molar-refractivity contribution is 7.89. The van der Waals surface area contributed by atoms with Crippen molar-refractivity contribution in [3.05, 3.63) is 11.9 Å². The van der Waals surface area contributed by atoms with E-state index >= 15 is 0 Å². The van der Waals surface area contributed by atoms with Gasteiger partial charge in [-0.3, -0.25) is 5.10 Å². The van der Waals surface area contributed by atoms with Gasteiger partial charge in [-0.1, -0.05) is 6.92 Å². The molecule has 5 nitrogen and oxygen atoms in total. The number of sulfonamides is 1. The molecule has 0 aliphatic carbocycles. The van der Waals surface area contributed by atoms with Crippen LogP contribution in [0.15, 0.2) is 11.1 Å². The van der Waals surface area contributed by atoms with E-state index in [1.807, 2.05) is 13.8 Å². The zero-order valence-electron chi connectivity index (χ0n) is 9.48. The third kappa shape index (κ3) is 2.21. The van der Waals surface area contributed by atoms with Gasteiger partial charge in [0.1, 0.15) is 4.90 Å². The Morgan fingerprint density at radius 1 is 1.60 bits per heavy atom. The summed E-state index contributed by atoms with van der Waals surface area (Å²) in [5.74, 6) is 0. The first-order valence-corrected chi connectivity index (χ1v) is 6.33. The van der Waals surface area contributed by atoms with Crippen LogP contribution in [0.5, 0.6) is 0 Å². The fourth-order valence-corrected chi connectivity index (χ4v) is 2.80. The zero-order valence-corrected chi connectivity index (χ0v) is 10.3. The standard InChI is InChI=1S/C9H17N3O2S/c1-5-7(2)12(4)15(13,14)9-6-10-11-8(9)3/h6-7H,5H2,1-4H3,(H,10,11). The van der Waals surface area contributed by atoms with Crippen molar-refractivity contribution in [2.45, 2.75) is 38.1 Å². The van der Waals surface area contributed by atoms with Gasteiger partial charge in [0.15, 0.2) is 0 Å². The van der Waals surface area contributed by atoms with Crippen LogP contribution in [-0.2, 0) is 10.0 Å². The molecule has 15 heavy (non-hydrogen) atoms. The van der Waals surface area contributed by atoms with Crippen molar-refractivity contribution in [1.29, 1.82) is 0 Å².